The molecule has 0 saturated carbocycles. The minimum Gasteiger partial charge on any atom is -0.493 e. The van der Waals surface area contributed by atoms with E-state index >= 15 is 0 Å². The van der Waals surface area contributed by atoms with Crippen LogP contribution in [0.5, 0.6) is 5.75 Å². The maximum absolute atomic E-state index is 5.40. The molecule has 6 nitrogen and oxygen atoms in total. The smallest absolute Gasteiger partial charge is 0.177 e. The van der Waals surface area contributed by atoms with Gasteiger partial charge in [0.2, 0.25) is 0 Å². The van der Waals surface area contributed by atoms with E-state index in [1.165, 1.54) is 0 Å². The van der Waals surface area contributed by atoms with Crippen molar-refractivity contribution < 1.29 is 14.2 Å². The van der Waals surface area contributed by atoms with Gasteiger partial charge >= 0.3 is 0 Å². The first-order valence-electron chi connectivity index (χ1n) is 6.62. The molecule has 0 saturated heterocycles. The molecule has 110 valence electrons. The summed E-state index contributed by atoms with van der Waals surface area (Å²) in [6, 6.07) is -0.121. The zero-order valence-electron chi connectivity index (χ0n) is 12.5. The Bertz CT molecular complexity index is 364. The molecule has 0 aromatic carbocycles. The number of aryl methyl sites for hydroxylation is 1. The Morgan fingerprint density at radius 2 is 1.95 bits per heavy atom. The van der Waals surface area contributed by atoms with Crippen LogP contribution in [0.2, 0.25) is 0 Å². The van der Waals surface area contributed by atoms with E-state index in [4.69, 9.17) is 14.2 Å². The van der Waals surface area contributed by atoms with Gasteiger partial charge in [0.1, 0.15) is 11.7 Å². The molecule has 1 heterocycles. The van der Waals surface area contributed by atoms with Crippen LogP contribution in [0.15, 0.2) is 6.20 Å². The van der Waals surface area contributed by atoms with Crippen molar-refractivity contribution >= 4 is 0 Å². The van der Waals surface area contributed by atoms with E-state index in [0.29, 0.717) is 0 Å². The molecule has 0 aliphatic heterocycles. The molecule has 1 aromatic rings. The Morgan fingerprint density at radius 1 is 1.26 bits per heavy atom. The van der Waals surface area contributed by atoms with Gasteiger partial charge in [0, 0.05) is 20.8 Å². The minimum absolute atomic E-state index is 0.121. The average molecular weight is 271 g/mol. The molecule has 1 N–H and O–H groups in total. The first kappa shape index (κ1) is 15.9. The summed E-state index contributed by atoms with van der Waals surface area (Å²) in [4.78, 5) is 0. The molecule has 0 bridgehead atoms. The van der Waals surface area contributed by atoms with Gasteiger partial charge in [-0.25, -0.2) is 0 Å². The van der Waals surface area contributed by atoms with Crippen molar-refractivity contribution in [2.75, 3.05) is 27.9 Å². The molecule has 1 atom stereocenters. The number of hydrogen-bond acceptors (Lipinski definition) is 5. The summed E-state index contributed by atoms with van der Waals surface area (Å²) in [6.07, 6.45) is 2.35. The average Bonchev–Trinajstić information content (AvgIpc) is 2.82. The standard InChI is InChI=1S/C13H25N3O3/c1-6-8-16-12(10(17-3)9-15-16)11(14-7-2)13(18-4)19-5/h9,11,13-14H,6-8H2,1-5H3. The summed E-state index contributed by atoms with van der Waals surface area (Å²) in [7, 11) is 4.91. The Morgan fingerprint density at radius 3 is 2.42 bits per heavy atom. The third-order valence-electron chi connectivity index (χ3n) is 2.96. The third kappa shape index (κ3) is 3.68. The summed E-state index contributed by atoms with van der Waals surface area (Å²) < 4.78 is 18.1. The molecule has 1 unspecified atom stereocenters. The summed E-state index contributed by atoms with van der Waals surface area (Å²) in [5, 5.41) is 7.74. The molecule has 0 radical (unpaired) electrons. The van der Waals surface area contributed by atoms with E-state index in [1.807, 2.05) is 11.6 Å². The van der Waals surface area contributed by atoms with Gasteiger partial charge in [-0.15, -0.1) is 0 Å². The SMILES string of the molecule is CCCn1ncc(OC)c1C(NCC)C(OC)OC. The van der Waals surface area contributed by atoms with Crippen LogP contribution in [0.1, 0.15) is 32.0 Å². The van der Waals surface area contributed by atoms with E-state index in [0.717, 1.165) is 31.0 Å². The van der Waals surface area contributed by atoms with Crippen molar-refractivity contribution in [1.82, 2.24) is 15.1 Å². The number of rotatable bonds is 9. The fraction of sp³-hybridized carbons (Fsp3) is 0.769. The largest absolute Gasteiger partial charge is 0.493 e. The highest BCUT2D eigenvalue weighted by Crippen LogP contribution is 2.28. The molecule has 0 aliphatic carbocycles. The van der Waals surface area contributed by atoms with Gasteiger partial charge < -0.3 is 19.5 Å². The van der Waals surface area contributed by atoms with Gasteiger partial charge in [-0.3, -0.25) is 4.68 Å². The summed E-state index contributed by atoms with van der Waals surface area (Å²) in [5.41, 5.74) is 0.958. The maximum atomic E-state index is 5.40. The van der Waals surface area contributed by atoms with Crippen molar-refractivity contribution in [3.63, 3.8) is 0 Å². The van der Waals surface area contributed by atoms with E-state index < -0.39 is 0 Å². The van der Waals surface area contributed by atoms with E-state index in [1.54, 1.807) is 27.5 Å². The highest BCUT2D eigenvalue weighted by molar-refractivity contribution is 5.29. The van der Waals surface area contributed by atoms with Gasteiger partial charge in [-0.05, 0) is 13.0 Å². The lowest BCUT2D eigenvalue weighted by Gasteiger charge is -2.26. The Balaban J connectivity index is 3.14. The van der Waals surface area contributed by atoms with Crippen LogP contribution in [0.3, 0.4) is 0 Å². The Kier molecular flexibility index (Phi) is 6.83. The molecule has 0 amide bonds. The number of hydrogen-bond donors (Lipinski definition) is 1. The second-order valence-electron chi connectivity index (χ2n) is 4.20. The van der Waals surface area contributed by atoms with Gasteiger partial charge in [-0.1, -0.05) is 13.8 Å². The second-order valence-corrected chi connectivity index (χ2v) is 4.20. The minimum atomic E-state index is -0.388. The van der Waals surface area contributed by atoms with Crippen molar-refractivity contribution in [3.8, 4) is 5.75 Å². The number of ether oxygens (including phenoxy) is 3. The number of nitrogens with zero attached hydrogens (tertiary/aromatic N) is 2. The lowest BCUT2D eigenvalue weighted by Crippen LogP contribution is -2.36. The molecule has 0 aliphatic rings. The van der Waals surface area contributed by atoms with Gasteiger partial charge in [0.05, 0.1) is 13.3 Å². The number of nitrogens with one attached hydrogen (secondary N) is 1. The quantitative estimate of drug-likeness (QED) is 0.691. The maximum Gasteiger partial charge on any atom is 0.177 e. The van der Waals surface area contributed by atoms with Gasteiger partial charge in [0.15, 0.2) is 12.0 Å². The normalized spacial score (nSPS) is 12.9. The van der Waals surface area contributed by atoms with E-state index in [9.17, 15) is 0 Å². The summed E-state index contributed by atoms with van der Waals surface area (Å²) in [6.45, 7) is 5.79. The van der Waals surface area contributed by atoms with Gasteiger partial charge in [0.25, 0.3) is 0 Å². The predicted molar refractivity (Wildman–Crippen MR) is 73.3 cm³/mol. The highest BCUT2D eigenvalue weighted by atomic mass is 16.7. The fourth-order valence-electron chi connectivity index (χ4n) is 2.15. The molecule has 0 spiro atoms. The van der Waals surface area contributed by atoms with Crippen molar-refractivity contribution in [1.29, 1.82) is 0 Å². The molecular weight excluding hydrogens is 246 g/mol. The highest BCUT2D eigenvalue weighted by Gasteiger charge is 2.29. The molecule has 6 heteroatoms. The van der Waals surface area contributed by atoms with Crippen LogP contribution in [-0.4, -0.2) is 43.9 Å². The zero-order chi connectivity index (χ0) is 14.3. The van der Waals surface area contributed by atoms with E-state index in [2.05, 4.69) is 17.3 Å². The monoisotopic (exact) mass is 271 g/mol. The van der Waals surface area contributed by atoms with Crippen LogP contribution in [0, 0.1) is 0 Å². The number of likely N-dealkylation sites (N-methyl/N-ethyl adjacent to an activating group) is 1. The summed E-state index contributed by atoms with van der Waals surface area (Å²) in [5.74, 6) is 0.749. The topological polar surface area (TPSA) is 57.5 Å². The first-order valence-corrected chi connectivity index (χ1v) is 6.62. The van der Waals surface area contributed by atoms with Crippen LogP contribution in [0.25, 0.3) is 0 Å². The molecule has 0 fully saturated rings. The lowest BCUT2D eigenvalue weighted by atomic mass is 10.1. The number of methoxy groups -OCH3 is 3. The van der Waals surface area contributed by atoms with Crippen LogP contribution < -0.4 is 10.1 Å². The fourth-order valence-corrected chi connectivity index (χ4v) is 2.15. The van der Waals surface area contributed by atoms with Crippen molar-refractivity contribution in [2.24, 2.45) is 0 Å². The predicted octanol–water partition coefficient (Wildman–Crippen LogP) is 1.57. The Hall–Kier alpha value is -1.11. The lowest BCUT2D eigenvalue weighted by molar-refractivity contribution is -0.125. The Labute approximate surface area is 115 Å². The molecule has 19 heavy (non-hydrogen) atoms. The van der Waals surface area contributed by atoms with Crippen molar-refractivity contribution in [2.45, 2.75) is 39.1 Å². The third-order valence-corrected chi connectivity index (χ3v) is 2.96. The van der Waals surface area contributed by atoms with E-state index in [-0.39, 0.29) is 12.3 Å². The van der Waals surface area contributed by atoms with Gasteiger partial charge in [-0.2, -0.15) is 5.10 Å². The second kappa shape index (κ2) is 8.14. The molecule has 1 aromatic heterocycles. The van der Waals surface area contributed by atoms with Crippen LogP contribution >= 0.6 is 0 Å². The molecule has 1 rings (SSSR count). The van der Waals surface area contributed by atoms with Crippen LogP contribution in [0.4, 0.5) is 0 Å². The van der Waals surface area contributed by atoms with Crippen LogP contribution in [-0.2, 0) is 16.0 Å². The number of aromatic nitrogens is 2. The summed E-state index contributed by atoms with van der Waals surface area (Å²) >= 11 is 0. The molecular formula is C13H25N3O3. The first-order chi connectivity index (χ1) is 9.23. The van der Waals surface area contributed by atoms with Crippen molar-refractivity contribution in [3.05, 3.63) is 11.9 Å². The zero-order valence-corrected chi connectivity index (χ0v) is 12.5.